The molecular formula is C24H30F6N2OS. The van der Waals surface area contributed by atoms with Gasteiger partial charge in [-0.3, -0.25) is 4.79 Å². The lowest BCUT2D eigenvalue weighted by Gasteiger charge is -2.46. The van der Waals surface area contributed by atoms with Gasteiger partial charge in [-0.2, -0.15) is 38.1 Å². The first-order valence-corrected chi connectivity index (χ1v) is 13.0. The Bertz CT molecular complexity index is 886. The zero-order chi connectivity index (χ0) is 24.7. The molecule has 0 bridgehead atoms. The van der Waals surface area contributed by atoms with Gasteiger partial charge in [0.15, 0.2) is 0 Å². The zero-order valence-electron chi connectivity index (χ0n) is 19.1. The minimum Gasteiger partial charge on any atom is -0.340 e. The number of rotatable bonds is 8. The summed E-state index contributed by atoms with van der Waals surface area (Å²) in [6, 6.07) is -0.496. The SMILES string of the molecule is Cc1nc(C(F)(F)F)ccc1C(=O)NC(C(F)(F)F)C1(CC2CC2)CCC(SCC2CC2)CC1. The molecule has 0 saturated heterocycles. The van der Waals surface area contributed by atoms with Crippen molar-refractivity contribution in [2.45, 2.75) is 88.4 Å². The fraction of sp³-hybridized carbons (Fsp3) is 0.750. The van der Waals surface area contributed by atoms with Gasteiger partial charge in [-0.1, -0.05) is 12.8 Å². The lowest BCUT2D eigenvalue weighted by Crippen LogP contribution is -2.57. The number of alkyl halides is 6. The van der Waals surface area contributed by atoms with E-state index in [0.717, 1.165) is 30.6 Å². The molecule has 1 atom stereocenters. The van der Waals surface area contributed by atoms with Gasteiger partial charge in [-0.15, -0.1) is 0 Å². The van der Waals surface area contributed by atoms with Crippen molar-refractivity contribution in [1.82, 2.24) is 10.3 Å². The molecule has 0 aliphatic heterocycles. The molecule has 1 heterocycles. The normalized spacial score (nSPS) is 26.9. The molecular weight excluding hydrogens is 478 g/mol. The van der Waals surface area contributed by atoms with E-state index in [1.807, 2.05) is 11.8 Å². The highest BCUT2D eigenvalue weighted by Crippen LogP contribution is 2.54. The Labute approximate surface area is 199 Å². The number of hydrogen-bond donors (Lipinski definition) is 1. The average Bonchev–Trinajstić information content (AvgIpc) is 3.66. The van der Waals surface area contributed by atoms with Gasteiger partial charge in [-0.05, 0) is 87.0 Å². The molecule has 0 radical (unpaired) electrons. The lowest BCUT2D eigenvalue weighted by atomic mass is 9.65. The molecule has 0 spiro atoms. The van der Waals surface area contributed by atoms with E-state index in [0.29, 0.717) is 43.4 Å². The van der Waals surface area contributed by atoms with E-state index >= 15 is 0 Å². The number of hydrogen-bond acceptors (Lipinski definition) is 3. The Balaban J connectivity index is 1.52. The number of nitrogens with zero attached hydrogens (tertiary/aromatic N) is 1. The van der Waals surface area contributed by atoms with Gasteiger partial charge in [0.2, 0.25) is 0 Å². The second-order valence-corrected chi connectivity index (χ2v) is 11.6. The van der Waals surface area contributed by atoms with Crippen LogP contribution in [0.15, 0.2) is 12.1 Å². The van der Waals surface area contributed by atoms with Crippen LogP contribution in [-0.4, -0.2) is 34.1 Å². The highest BCUT2D eigenvalue weighted by atomic mass is 32.2. The fourth-order valence-corrected chi connectivity index (χ4v) is 6.59. The van der Waals surface area contributed by atoms with E-state index in [1.165, 1.54) is 19.8 Å². The van der Waals surface area contributed by atoms with Gasteiger partial charge >= 0.3 is 12.4 Å². The van der Waals surface area contributed by atoms with Crippen LogP contribution in [0.25, 0.3) is 0 Å². The van der Waals surface area contributed by atoms with Gasteiger partial charge in [0.1, 0.15) is 11.7 Å². The molecule has 1 aromatic rings. The molecule has 190 valence electrons. The first kappa shape index (κ1) is 25.6. The van der Waals surface area contributed by atoms with Crippen molar-refractivity contribution in [2.24, 2.45) is 17.3 Å². The number of thioether (sulfide) groups is 1. The number of pyridine rings is 1. The van der Waals surface area contributed by atoms with Crippen LogP contribution in [0.1, 0.15) is 79.5 Å². The van der Waals surface area contributed by atoms with E-state index in [1.54, 1.807) is 0 Å². The number of halogens is 6. The predicted molar refractivity (Wildman–Crippen MR) is 118 cm³/mol. The molecule has 1 unspecified atom stereocenters. The van der Waals surface area contributed by atoms with Crippen molar-refractivity contribution in [3.8, 4) is 0 Å². The number of carbonyl (C=O) groups excluding carboxylic acids is 1. The quantitative estimate of drug-likeness (QED) is 0.387. The van der Waals surface area contributed by atoms with Gasteiger partial charge in [0.05, 0.1) is 11.3 Å². The Morgan fingerprint density at radius 2 is 1.68 bits per heavy atom. The molecule has 4 rings (SSSR count). The summed E-state index contributed by atoms with van der Waals surface area (Å²) < 4.78 is 81.9. The number of amides is 1. The molecule has 3 fully saturated rings. The third kappa shape index (κ3) is 6.21. The number of nitrogens with one attached hydrogen (secondary N) is 1. The van der Waals surface area contributed by atoms with E-state index in [2.05, 4.69) is 10.3 Å². The average molecular weight is 509 g/mol. The summed E-state index contributed by atoms with van der Waals surface area (Å²) >= 11 is 1.87. The maximum Gasteiger partial charge on any atom is 0.433 e. The van der Waals surface area contributed by atoms with Crippen molar-refractivity contribution in [3.63, 3.8) is 0 Å². The van der Waals surface area contributed by atoms with Crippen molar-refractivity contribution in [1.29, 1.82) is 0 Å². The van der Waals surface area contributed by atoms with Crippen LogP contribution in [-0.2, 0) is 6.18 Å². The van der Waals surface area contributed by atoms with Crippen LogP contribution in [0.2, 0.25) is 0 Å². The topological polar surface area (TPSA) is 42.0 Å². The van der Waals surface area contributed by atoms with Crippen LogP contribution in [0, 0.1) is 24.2 Å². The van der Waals surface area contributed by atoms with Crippen molar-refractivity contribution >= 4 is 17.7 Å². The third-order valence-electron chi connectivity index (χ3n) is 7.42. The van der Waals surface area contributed by atoms with Crippen molar-refractivity contribution < 1.29 is 31.1 Å². The second kappa shape index (κ2) is 9.54. The lowest BCUT2D eigenvalue weighted by molar-refractivity contribution is -0.188. The third-order valence-corrected chi connectivity index (χ3v) is 9.03. The van der Waals surface area contributed by atoms with Crippen LogP contribution >= 0.6 is 11.8 Å². The molecule has 10 heteroatoms. The van der Waals surface area contributed by atoms with Crippen molar-refractivity contribution in [2.75, 3.05) is 5.75 Å². The van der Waals surface area contributed by atoms with Gasteiger partial charge in [-0.25, -0.2) is 4.98 Å². The molecule has 3 aliphatic carbocycles. The minimum atomic E-state index is -4.70. The maximum absolute atomic E-state index is 14.4. The zero-order valence-corrected chi connectivity index (χ0v) is 19.9. The Kier molecular flexibility index (Phi) is 7.20. The summed E-state index contributed by atoms with van der Waals surface area (Å²) in [6.45, 7) is 1.20. The first-order valence-electron chi connectivity index (χ1n) is 11.9. The van der Waals surface area contributed by atoms with E-state index in [4.69, 9.17) is 0 Å². The predicted octanol–water partition coefficient (Wildman–Crippen LogP) is 6.94. The van der Waals surface area contributed by atoms with E-state index in [-0.39, 0.29) is 17.2 Å². The monoisotopic (exact) mass is 508 g/mol. The summed E-state index contributed by atoms with van der Waals surface area (Å²) in [5.74, 6) is 1.04. The maximum atomic E-state index is 14.4. The minimum absolute atomic E-state index is 0.242. The molecule has 0 aromatic carbocycles. The van der Waals surface area contributed by atoms with Gasteiger partial charge in [0, 0.05) is 5.25 Å². The fourth-order valence-electron chi connectivity index (χ4n) is 5.15. The second-order valence-electron chi connectivity index (χ2n) is 10.3. The first-order chi connectivity index (χ1) is 15.9. The molecule has 3 aliphatic rings. The molecule has 1 N–H and O–H groups in total. The van der Waals surface area contributed by atoms with Crippen molar-refractivity contribution in [3.05, 3.63) is 29.1 Å². The summed E-state index contributed by atoms with van der Waals surface area (Å²) in [5.41, 5.74) is -2.78. The summed E-state index contributed by atoms with van der Waals surface area (Å²) in [4.78, 5) is 16.3. The van der Waals surface area contributed by atoms with Crippen LogP contribution < -0.4 is 5.32 Å². The Hall–Kier alpha value is -1.45. The van der Waals surface area contributed by atoms with Crippen LogP contribution in [0.4, 0.5) is 26.3 Å². The molecule has 3 saturated carbocycles. The van der Waals surface area contributed by atoms with Crippen LogP contribution in [0.5, 0.6) is 0 Å². The molecule has 3 nitrogen and oxygen atoms in total. The van der Waals surface area contributed by atoms with Gasteiger partial charge < -0.3 is 5.32 Å². The van der Waals surface area contributed by atoms with Crippen LogP contribution in [0.3, 0.4) is 0 Å². The van der Waals surface area contributed by atoms with E-state index < -0.39 is 35.4 Å². The summed E-state index contributed by atoms with van der Waals surface area (Å²) in [7, 11) is 0. The highest BCUT2D eigenvalue weighted by Gasteiger charge is 2.56. The highest BCUT2D eigenvalue weighted by molar-refractivity contribution is 7.99. The standard InChI is InChI=1S/C24H30F6N2OS/c1-14-18(6-7-19(31-14)23(25,26)27)20(33)32-21(24(28,29)30)22(12-15-2-3-15)10-8-17(9-11-22)34-13-16-4-5-16/h6-7,15-17,21H,2-5,8-13H2,1H3,(H,32,33). The number of aryl methyl sites for hydroxylation is 1. The number of carbonyl (C=O) groups is 1. The van der Waals surface area contributed by atoms with E-state index in [9.17, 15) is 31.1 Å². The Morgan fingerprint density at radius 3 is 2.18 bits per heavy atom. The largest absolute Gasteiger partial charge is 0.433 e. The molecule has 34 heavy (non-hydrogen) atoms. The number of aromatic nitrogens is 1. The molecule has 1 aromatic heterocycles. The summed E-state index contributed by atoms with van der Waals surface area (Å²) in [5, 5.41) is 2.55. The Morgan fingerprint density at radius 1 is 1.06 bits per heavy atom. The summed E-state index contributed by atoms with van der Waals surface area (Å²) in [6.07, 6.45) is -2.49. The van der Waals surface area contributed by atoms with Gasteiger partial charge in [0.25, 0.3) is 5.91 Å². The smallest absolute Gasteiger partial charge is 0.340 e. The molecule has 1 amide bonds.